The lowest BCUT2D eigenvalue weighted by Crippen LogP contribution is -2.41. The van der Waals surface area contributed by atoms with E-state index in [9.17, 15) is 0 Å². The number of para-hydroxylation sites is 1. The monoisotopic (exact) mass is 248 g/mol. The molecular weight excluding hydrogens is 224 g/mol. The first kappa shape index (κ1) is 13.4. The average Bonchev–Trinajstić information content (AvgIpc) is 2.84. The molecule has 3 heteroatoms. The van der Waals surface area contributed by atoms with Crippen LogP contribution in [0.4, 0.5) is 0 Å². The van der Waals surface area contributed by atoms with Gasteiger partial charge in [-0.25, -0.2) is 0 Å². The fourth-order valence-corrected chi connectivity index (χ4v) is 2.85. The molecule has 0 bridgehead atoms. The minimum atomic E-state index is 0.304. The van der Waals surface area contributed by atoms with Gasteiger partial charge in [-0.1, -0.05) is 44.9 Å². The maximum atomic E-state index is 5.76. The molecule has 2 unspecified atom stereocenters. The van der Waals surface area contributed by atoms with Gasteiger partial charge in [0.05, 0.1) is 6.61 Å². The van der Waals surface area contributed by atoms with Crippen LogP contribution in [0, 0.1) is 5.92 Å². The normalized spacial score (nSPS) is 19.7. The van der Waals surface area contributed by atoms with Crippen LogP contribution in [0.1, 0.15) is 44.6 Å². The molecule has 0 radical (unpaired) electrons. The number of hydrogen-bond donors (Lipinski definition) is 2. The highest BCUT2D eigenvalue weighted by atomic mass is 16.5. The topological polar surface area (TPSA) is 47.3 Å². The van der Waals surface area contributed by atoms with Crippen LogP contribution < -0.4 is 16.0 Å². The second kappa shape index (κ2) is 6.21. The average molecular weight is 248 g/mol. The minimum Gasteiger partial charge on any atom is -0.493 e. The summed E-state index contributed by atoms with van der Waals surface area (Å²) in [5.74, 6) is 7.90. The molecule has 0 aliphatic carbocycles. The number of benzene rings is 1. The number of ether oxygens (including phenoxy) is 1. The summed E-state index contributed by atoms with van der Waals surface area (Å²) in [6.45, 7) is 5.25. The molecule has 2 atom stereocenters. The van der Waals surface area contributed by atoms with Crippen LogP contribution in [-0.4, -0.2) is 12.6 Å². The highest BCUT2D eigenvalue weighted by Crippen LogP contribution is 2.37. The van der Waals surface area contributed by atoms with Gasteiger partial charge in [-0.05, 0) is 18.4 Å². The molecule has 0 saturated heterocycles. The van der Waals surface area contributed by atoms with Crippen molar-refractivity contribution in [2.24, 2.45) is 11.8 Å². The van der Waals surface area contributed by atoms with Crippen molar-refractivity contribution in [2.75, 3.05) is 6.61 Å². The summed E-state index contributed by atoms with van der Waals surface area (Å²) in [5.41, 5.74) is 4.30. The first-order chi connectivity index (χ1) is 8.80. The van der Waals surface area contributed by atoms with Crippen molar-refractivity contribution < 1.29 is 4.74 Å². The lowest BCUT2D eigenvalue weighted by Gasteiger charge is -2.25. The quantitative estimate of drug-likeness (QED) is 0.601. The SMILES string of the molecule is CCC(CC)CC(NN)C1COc2ccccc21. The van der Waals surface area contributed by atoms with E-state index in [4.69, 9.17) is 10.6 Å². The Morgan fingerprint density at radius 3 is 2.72 bits per heavy atom. The smallest absolute Gasteiger partial charge is 0.122 e. The standard InChI is InChI=1S/C15H24N2O/c1-3-11(4-2)9-14(17-16)13-10-18-15-8-6-5-7-12(13)15/h5-8,11,13-14,17H,3-4,9-10,16H2,1-2H3. The van der Waals surface area contributed by atoms with Gasteiger partial charge < -0.3 is 4.74 Å². The fourth-order valence-electron chi connectivity index (χ4n) is 2.85. The molecule has 0 spiro atoms. The molecule has 18 heavy (non-hydrogen) atoms. The lowest BCUT2D eigenvalue weighted by atomic mass is 9.85. The van der Waals surface area contributed by atoms with Gasteiger partial charge in [-0.2, -0.15) is 0 Å². The van der Waals surface area contributed by atoms with Gasteiger partial charge in [0.25, 0.3) is 0 Å². The van der Waals surface area contributed by atoms with E-state index in [-0.39, 0.29) is 0 Å². The number of nitrogens with one attached hydrogen (secondary N) is 1. The van der Waals surface area contributed by atoms with Gasteiger partial charge in [0.1, 0.15) is 5.75 Å². The predicted octanol–water partition coefficient (Wildman–Crippen LogP) is 2.82. The van der Waals surface area contributed by atoms with Crippen molar-refractivity contribution in [1.82, 2.24) is 5.43 Å². The van der Waals surface area contributed by atoms with E-state index in [0.717, 1.165) is 24.7 Å². The second-order valence-electron chi connectivity index (χ2n) is 5.15. The third-order valence-corrected chi connectivity index (χ3v) is 4.18. The summed E-state index contributed by atoms with van der Waals surface area (Å²) in [5, 5.41) is 0. The number of rotatable bonds is 6. The van der Waals surface area contributed by atoms with Crippen molar-refractivity contribution in [3.05, 3.63) is 29.8 Å². The van der Waals surface area contributed by atoms with Gasteiger partial charge in [0, 0.05) is 17.5 Å². The van der Waals surface area contributed by atoms with Crippen molar-refractivity contribution in [3.8, 4) is 5.75 Å². The summed E-state index contributed by atoms with van der Waals surface area (Å²) in [6.07, 6.45) is 3.54. The summed E-state index contributed by atoms with van der Waals surface area (Å²) >= 11 is 0. The van der Waals surface area contributed by atoms with Crippen LogP contribution in [0.3, 0.4) is 0 Å². The molecule has 1 aromatic carbocycles. The van der Waals surface area contributed by atoms with Gasteiger partial charge in [-0.3, -0.25) is 11.3 Å². The highest BCUT2D eigenvalue weighted by molar-refractivity contribution is 5.40. The first-order valence-corrected chi connectivity index (χ1v) is 6.97. The van der Waals surface area contributed by atoms with Crippen molar-refractivity contribution in [2.45, 2.75) is 45.1 Å². The van der Waals surface area contributed by atoms with Crippen LogP contribution in [-0.2, 0) is 0 Å². The molecular formula is C15H24N2O. The van der Waals surface area contributed by atoms with E-state index in [1.807, 2.05) is 12.1 Å². The van der Waals surface area contributed by atoms with Crippen molar-refractivity contribution in [1.29, 1.82) is 0 Å². The zero-order valence-electron chi connectivity index (χ0n) is 11.4. The summed E-state index contributed by atoms with van der Waals surface area (Å²) < 4.78 is 5.75. The van der Waals surface area contributed by atoms with E-state index >= 15 is 0 Å². The molecule has 0 fully saturated rings. The molecule has 1 aliphatic rings. The Morgan fingerprint density at radius 1 is 1.33 bits per heavy atom. The fraction of sp³-hybridized carbons (Fsp3) is 0.600. The van der Waals surface area contributed by atoms with Gasteiger partial charge in [-0.15, -0.1) is 0 Å². The predicted molar refractivity (Wildman–Crippen MR) is 74.5 cm³/mol. The largest absolute Gasteiger partial charge is 0.493 e. The van der Waals surface area contributed by atoms with Gasteiger partial charge in [0.2, 0.25) is 0 Å². The van der Waals surface area contributed by atoms with Crippen LogP contribution in [0.15, 0.2) is 24.3 Å². The summed E-state index contributed by atoms with van der Waals surface area (Å²) in [6, 6.07) is 8.60. The van der Waals surface area contributed by atoms with E-state index in [1.54, 1.807) is 0 Å². The van der Waals surface area contributed by atoms with Gasteiger partial charge >= 0.3 is 0 Å². The molecule has 3 N–H and O–H groups in total. The number of nitrogens with two attached hydrogens (primary N) is 1. The first-order valence-electron chi connectivity index (χ1n) is 6.97. The maximum Gasteiger partial charge on any atom is 0.122 e. The summed E-state index contributed by atoms with van der Waals surface area (Å²) in [7, 11) is 0. The summed E-state index contributed by atoms with van der Waals surface area (Å²) in [4.78, 5) is 0. The molecule has 1 aromatic rings. The molecule has 0 saturated carbocycles. The zero-order chi connectivity index (χ0) is 13.0. The minimum absolute atomic E-state index is 0.304. The molecule has 100 valence electrons. The number of hydrogen-bond acceptors (Lipinski definition) is 3. The molecule has 0 aromatic heterocycles. The van der Waals surface area contributed by atoms with Crippen molar-refractivity contribution in [3.63, 3.8) is 0 Å². The Bertz CT molecular complexity index is 377. The Balaban J connectivity index is 2.10. The third-order valence-electron chi connectivity index (χ3n) is 4.18. The lowest BCUT2D eigenvalue weighted by molar-refractivity contribution is 0.270. The molecule has 1 aliphatic heterocycles. The van der Waals surface area contributed by atoms with E-state index < -0.39 is 0 Å². The van der Waals surface area contributed by atoms with Gasteiger partial charge in [0.15, 0.2) is 0 Å². The molecule has 2 rings (SSSR count). The third kappa shape index (κ3) is 2.68. The second-order valence-corrected chi connectivity index (χ2v) is 5.15. The van der Waals surface area contributed by atoms with Crippen LogP contribution in [0.2, 0.25) is 0 Å². The number of hydrazine groups is 1. The highest BCUT2D eigenvalue weighted by Gasteiger charge is 2.31. The van der Waals surface area contributed by atoms with Crippen molar-refractivity contribution >= 4 is 0 Å². The van der Waals surface area contributed by atoms with Crippen LogP contribution in [0.25, 0.3) is 0 Å². The number of fused-ring (bicyclic) bond motifs is 1. The Morgan fingerprint density at radius 2 is 2.06 bits per heavy atom. The molecule has 3 nitrogen and oxygen atoms in total. The molecule has 0 amide bonds. The zero-order valence-corrected chi connectivity index (χ0v) is 11.4. The van der Waals surface area contributed by atoms with Crippen LogP contribution >= 0.6 is 0 Å². The Labute approximate surface area is 110 Å². The Kier molecular flexibility index (Phi) is 4.61. The van der Waals surface area contributed by atoms with E-state index in [2.05, 4.69) is 31.4 Å². The molecule has 1 heterocycles. The Hall–Kier alpha value is -1.06. The van der Waals surface area contributed by atoms with Crippen LogP contribution in [0.5, 0.6) is 5.75 Å². The maximum absolute atomic E-state index is 5.76. The van der Waals surface area contributed by atoms with E-state index in [0.29, 0.717) is 12.0 Å². The van der Waals surface area contributed by atoms with E-state index in [1.165, 1.54) is 18.4 Å².